The Morgan fingerprint density at radius 2 is 1.74 bits per heavy atom. The van der Waals surface area contributed by atoms with Gasteiger partial charge in [0, 0.05) is 18.3 Å². The van der Waals surface area contributed by atoms with Crippen molar-refractivity contribution in [2.45, 2.75) is 0 Å². The predicted molar refractivity (Wildman–Crippen MR) is 91.5 cm³/mol. The minimum absolute atomic E-state index is 0.161. The van der Waals surface area contributed by atoms with Crippen LogP contribution in [0.1, 0.15) is 10.4 Å². The predicted octanol–water partition coefficient (Wildman–Crippen LogP) is 3.46. The number of para-hydroxylation sites is 1. The van der Waals surface area contributed by atoms with E-state index in [1.807, 2.05) is 60.7 Å². The summed E-state index contributed by atoms with van der Waals surface area (Å²) in [5.41, 5.74) is 3.02. The van der Waals surface area contributed by atoms with E-state index in [1.165, 1.54) is 0 Å². The maximum Gasteiger partial charge on any atom is 0.255 e. The molecule has 0 saturated heterocycles. The van der Waals surface area contributed by atoms with E-state index < -0.39 is 0 Å². The summed E-state index contributed by atoms with van der Waals surface area (Å²) < 4.78 is 1.73. The van der Waals surface area contributed by atoms with Crippen LogP contribution < -0.4 is 5.32 Å². The molecule has 23 heavy (non-hydrogen) atoms. The summed E-state index contributed by atoms with van der Waals surface area (Å²) in [7, 11) is 0. The van der Waals surface area contributed by atoms with Crippen LogP contribution in [0.2, 0.25) is 0 Å². The van der Waals surface area contributed by atoms with Crippen molar-refractivity contribution in [3.05, 3.63) is 85.1 Å². The summed E-state index contributed by atoms with van der Waals surface area (Å²) in [5.74, 6) is -0.161. The van der Waals surface area contributed by atoms with Gasteiger partial charge in [0.2, 0.25) is 0 Å². The van der Waals surface area contributed by atoms with E-state index >= 15 is 0 Å². The van der Waals surface area contributed by atoms with E-state index in [4.69, 9.17) is 0 Å². The second kappa shape index (κ2) is 6.75. The first kappa shape index (κ1) is 14.8. The molecule has 1 amide bonds. The highest BCUT2D eigenvalue weighted by molar-refractivity contribution is 6.00. The van der Waals surface area contributed by atoms with Gasteiger partial charge >= 0.3 is 0 Å². The van der Waals surface area contributed by atoms with Crippen molar-refractivity contribution in [3.8, 4) is 16.9 Å². The minimum Gasteiger partial charge on any atom is -0.348 e. The number of amides is 1. The summed E-state index contributed by atoms with van der Waals surface area (Å²) >= 11 is 0. The summed E-state index contributed by atoms with van der Waals surface area (Å²) in [6.45, 7) is 4.04. The molecule has 1 N–H and O–H groups in total. The highest BCUT2D eigenvalue weighted by Gasteiger charge is 2.17. The Kier molecular flexibility index (Phi) is 4.34. The molecule has 114 valence electrons. The van der Waals surface area contributed by atoms with Gasteiger partial charge in [-0.3, -0.25) is 4.79 Å². The van der Waals surface area contributed by atoms with Crippen molar-refractivity contribution < 1.29 is 4.79 Å². The van der Waals surface area contributed by atoms with E-state index in [0.29, 0.717) is 17.8 Å². The molecule has 0 aliphatic rings. The van der Waals surface area contributed by atoms with Crippen LogP contribution in [0.15, 0.2) is 79.5 Å². The molecule has 0 saturated carbocycles. The van der Waals surface area contributed by atoms with Crippen LogP contribution in [0.3, 0.4) is 0 Å². The molecule has 4 heteroatoms. The van der Waals surface area contributed by atoms with Crippen LogP contribution in [-0.4, -0.2) is 22.2 Å². The smallest absolute Gasteiger partial charge is 0.255 e. The maximum atomic E-state index is 12.4. The van der Waals surface area contributed by atoms with E-state index in [9.17, 15) is 4.79 Å². The van der Waals surface area contributed by atoms with Crippen LogP contribution >= 0.6 is 0 Å². The Hall–Kier alpha value is -3.14. The number of hydrogen-bond donors (Lipinski definition) is 1. The largest absolute Gasteiger partial charge is 0.348 e. The minimum atomic E-state index is -0.161. The van der Waals surface area contributed by atoms with Crippen LogP contribution in [0.5, 0.6) is 0 Å². The SMILES string of the molecule is C=CCNC(=O)c1cn(-c2ccccc2)nc1-c1ccccc1. The molecule has 0 bridgehead atoms. The number of carbonyl (C=O) groups is 1. The molecule has 0 atom stereocenters. The van der Waals surface area contributed by atoms with Gasteiger partial charge in [-0.1, -0.05) is 54.6 Å². The normalized spacial score (nSPS) is 10.3. The lowest BCUT2D eigenvalue weighted by molar-refractivity contribution is 0.0958. The second-order valence-electron chi connectivity index (χ2n) is 5.04. The number of rotatable bonds is 5. The summed E-state index contributed by atoms with van der Waals surface area (Å²) in [6, 6.07) is 19.4. The van der Waals surface area contributed by atoms with Crippen molar-refractivity contribution in [2.24, 2.45) is 0 Å². The highest BCUT2D eigenvalue weighted by Crippen LogP contribution is 2.23. The monoisotopic (exact) mass is 303 g/mol. The molecule has 3 aromatic rings. The first-order valence-electron chi connectivity index (χ1n) is 7.39. The molecule has 1 heterocycles. The van der Waals surface area contributed by atoms with Gasteiger partial charge in [0.1, 0.15) is 5.69 Å². The molecule has 0 spiro atoms. The van der Waals surface area contributed by atoms with Crippen LogP contribution in [0, 0.1) is 0 Å². The third kappa shape index (κ3) is 3.21. The fraction of sp³-hybridized carbons (Fsp3) is 0.0526. The Morgan fingerprint density at radius 1 is 1.09 bits per heavy atom. The molecular weight excluding hydrogens is 286 g/mol. The van der Waals surface area contributed by atoms with Crippen LogP contribution in [0.25, 0.3) is 16.9 Å². The van der Waals surface area contributed by atoms with Crippen LogP contribution in [-0.2, 0) is 0 Å². The average Bonchev–Trinajstić information content (AvgIpc) is 3.07. The first-order chi connectivity index (χ1) is 11.3. The lowest BCUT2D eigenvalue weighted by atomic mass is 10.1. The third-order valence-corrected chi connectivity index (χ3v) is 3.43. The van der Waals surface area contributed by atoms with E-state index in [0.717, 1.165) is 11.3 Å². The zero-order valence-electron chi connectivity index (χ0n) is 12.6. The second-order valence-corrected chi connectivity index (χ2v) is 5.04. The lowest BCUT2D eigenvalue weighted by Crippen LogP contribution is -2.23. The molecule has 0 unspecified atom stereocenters. The molecule has 0 aliphatic heterocycles. The number of nitrogens with zero attached hydrogens (tertiary/aromatic N) is 2. The average molecular weight is 303 g/mol. The Balaban J connectivity index is 2.07. The van der Waals surface area contributed by atoms with Crippen molar-refractivity contribution in [1.82, 2.24) is 15.1 Å². The summed E-state index contributed by atoms with van der Waals surface area (Å²) in [4.78, 5) is 12.4. The quantitative estimate of drug-likeness (QED) is 0.734. The fourth-order valence-electron chi connectivity index (χ4n) is 2.32. The molecule has 1 aromatic heterocycles. The third-order valence-electron chi connectivity index (χ3n) is 3.43. The van der Waals surface area contributed by atoms with Crippen molar-refractivity contribution in [2.75, 3.05) is 6.54 Å². The number of hydrogen-bond acceptors (Lipinski definition) is 2. The van der Waals surface area contributed by atoms with Gasteiger partial charge in [-0.2, -0.15) is 5.10 Å². The van der Waals surface area contributed by atoms with Crippen molar-refractivity contribution in [1.29, 1.82) is 0 Å². The molecule has 2 aromatic carbocycles. The number of nitrogens with one attached hydrogen (secondary N) is 1. The molecule has 4 nitrogen and oxygen atoms in total. The first-order valence-corrected chi connectivity index (χ1v) is 7.39. The standard InChI is InChI=1S/C19H17N3O/c1-2-13-20-19(23)17-14-22(16-11-7-4-8-12-16)21-18(17)15-9-5-3-6-10-15/h2-12,14H,1,13H2,(H,20,23). The molecule has 3 rings (SSSR count). The summed E-state index contributed by atoms with van der Waals surface area (Å²) in [5, 5.41) is 7.42. The Labute approximate surface area is 135 Å². The zero-order valence-corrected chi connectivity index (χ0v) is 12.6. The topological polar surface area (TPSA) is 46.9 Å². The van der Waals surface area contributed by atoms with E-state index in [1.54, 1.807) is 17.0 Å². The molecule has 0 fully saturated rings. The highest BCUT2D eigenvalue weighted by atomic mass is 16.1. The van der Waals surface area contributed by atoms with E-state index in [2.05, 4.69) is 17.0 Å². The maximum absolute atomic E-state index is 12.4. The number of aromatic nitrogens is 2. The lowest BCUT2D eigenvalue weighted by Gasteiger charge is -2.02. The fourth-order valence-corrected chi connectivity index (χ4v) is 2.32. The van der Waals surface area contributed by atoms with Crippen molar-refractivity contribution >= 4 is 5.91 Å². The number of carbonyl (C=O) groups excluding carboxylic acids is 1. The van der Waals surface area contributed by atoms with E-state index in [-0.39, 0.29) is 5.91 Å². The van der Waals surface area contributed by atoms with Gasteiger partial charge in [-0.25, -0.2) is 4.68 Å². The van der Waals surface area contributed by atoms with Gasteiger partial charge in [-0.05, 0) is 12.1 Å². The molecule has 0 radical (unpaired) electrons. The van der Waals surface area contributed by atoms with Gasteiger partial charge in [-0.15, -0.1) is 6.58 Å². The number of benzene rings is 2. The van der Waals surface area contributed by atoms with Gasteiger partial charge in [0.15, 0.2) is 0 Å². The van der Waals surface area contributed by atoms with Gasteiger partial charge < -0.3 is 5.32 Å². The Morgan fingerprint density at radius 3 is 2.39 bits per heavy atom. The zero-order chi connectivity index (χ0) is 16.1. The summed E-state index contributed by atoms with van der Waals surface area (Å²) in [6.07, 6.45) is 3.41. The Bertz CT molecular complexity index is 807. The molecular formula is C19H17N3O. The van der Waals surface area contributed by atoms with Gasteiger partial charge in [0.05, 0.1) is 11.3 Å². The van der Waals surface area contributed by atoms with Gasteiger partial charge in [0.25, 0.3) is 5.91 Å². The molecule has 0 aliphatic carbocycles. The van der Waals surface area contributed by atoms with Crippen LogP contribution in [0.4, 0.5) is 0 Å². The van der Waals surface area contributed by atoms with Crippen molar-refractivity contribution in [3.63, 3.8) is 0 Å².